The SMILES string of the molecule is CCC(C)c1ccc(C(C)F)cc1. The van der Waals surface area contributed by atoms with E-state index in [4.69, 9.17) is 0 Å². The second-order valence-corrected chi connectivity index (χ2v) is 3.59. The maximum Gasteiger partial charge on any atom is 0.122 e. The molecule has 2 unspecified atom stereocenters. The third-order valence-corrected chi connectivity index (χ3v) is 2.58. The van der Waals surface area contributed by atoms with Crippen LogP contribution in [0.25, 0.3) is 0 Å². The molecule has 0 saturated heterocycles. The van der Waals surface area contributed by atoms with Gasteiger partial charge in [0.05, 0.1) is 0 Å². The van der Waals surface area contributed by atoms with Crippen molar-refractivity contribution in [2.45, 2.75) is 39.3 Å². The first kappa shape index (κ1) is 10.2. The summed E-state index contributed by atoms with van der Waals surface area (Å²) >= 11 is 0. The molecule has 1 rings (SSSR count). The number of hydrogen-bond acceptors (Lipinski definition) is 0. The first-order valence-electron chi connectivity index (χ1n) is 4.89. The van der Waals surface area contributed by atoms with Crippen molar-refractivity contribution in [2.24, 2.45) is 0 Å². The highest BCUT2D eigenvalue weighted by Gasteiger charge is 2.05. The number of alkyl halides is 1. The molecule has 13 heavy (non-hydrogen) atoms. The van der Waals surface area contributed by atoms with E-state index in [9.17, 15) is 4.39 Å². The van der Waals surface area contributed by atoms with Crippen LogP contribution < -0.4 is 0 Å². The summed E-state index contributed by atoms with van der Waals surface area (Å²) in [6.07, 6.45) is 0.274. The zero-order valence-corrected chi connectivity index (χ0v) is 8.55. The molecule has 0 nitrogen and oxygen atoms in total. The Morgan fingerprint density at radius 2 is 1.54 bits per heavy atom. The highest BCUT2D eigenvalue weighted by Crippen LogP contribution is 2.22. The summed E-state index contributed by atoms with van der Waals surface area (Å²) in [6, 6.07) is 7.82. The summed E-state index contributed by atoms with van der Waals surface area (Å²) in [4.78, 5) is 0. The van der Waals surface area contributed by atoms with Crippen LogP contribution in [0, 0.1) is 0 Å². The summed E-state index contributed by atoms with van der Waals surface area (Å²) < 4.78 is 12.8. The van der Waals surface area contributed by atoms with Crippen LogP contribution in [0.2, 0.25) is 0 Å². The molecule has 0 aliphatic rings. The molecular weight excluding hydrogens is 163 g/mol. The van der Waals surface area contributed by atoms with Crippen LogP contribution in [0.5, 0.6) is 0 Å². The zero-order valence-electron chi connectivity index (χ0n) is 8.55. The highest BCUT2D eigenvalue weighted by molar-refractivity contribution is 5.26. The molecule has 1 aromatic carbocycles. The van der Waals surface area contributed by atoms with Gasteiger partial charge in [0.15, 0.2) is 0 Å². The number of benzene rings is 1. The van der Waals surface area contributed by atoms with E-state index in [2.05, 4.69) is 13.8 Å². The third-order valence-electron chi connectivity index (χ3n) is 2.58. The average Bonchev–Trinajstić information content (AvgIpc) is 2.17. The fourth-order valence-electron chi connectivity index (χ4n) is 1.33. The fourth-order valence-corrected chi connectivity index (χ4v) is 1.33. The van der Waals surface area contributed by atoms with Crippen LogP contribution in [0.4, 0.5) is 4.39 Å². The van der Waals surface area contributed by atoms with Crippen LogP contribution in [0.15, 0.2) is 24.3 Å². The highest BCUT2D eigenvalue weighted by atomic mass is 19.1. The lowest BCUT2D eigenvalue weighted by Crippen LogP contribution is -1.92. The third kappa shape index (κ3) is 2.55. The summed E-state index contributed by atoms with van der Waals surface area (Å²) in [5.41, 5.74) is 2.07. The van der Waals surface area contributed by atoms with Crippen LogP contribution >= 0.6 is 0 Å². The van der Waals surface area contributed by atoms with E-state index in [1.54, 1.807) is 6.92 Å². The molecule has 1 aromatic rings. The monoisotopic (exact) mass is 180 g/mol. The van der Waals surface area contributed by atoms with Crippen molar-refractivity contribution < 1.29 is 4.39 Å². The molecular formula is C12H17F. The van der Waals surface area contributed by atoms with Gasteiger partial charge in [-0.15, -0.1) is 0 Å². The van der Waals surface area contributed by atoms with Gasteiger partial charge < -0.3 is 0 Å². The maximum atomic E-state index is 12.8. The molecule has 0 aliphatic heterocycles. The molecule has 0 radical (unpaired) electrons. The lowest BCUT2D eigenvalue weighted by Gasteiger charge is -2.09. The molecule has 0 amide bonds. The topological polar surface area (TPSA) is 0 Å². The van der Waals surface area contributed by atoms with E-state index in [0.717, 1.165) is 12.0 Å². The fraction of sp³-hybridized carbons (Fsp3) is 0.500. The quantitative estimate of drug-likeness (QED) is 0.653. The van der Waals surface area contributed by atoms with E-state index in [-0.39, 0.29) is 0 Å². The Kier molecular flexibility index (Phi) is 3.47. The van der Waals surface area contributed by atoms with Crippen molar-refractivity contribution in [1.82, 2.24) is 0 Å². The van der Waals surface area contributed by atoms with Crippen molar-refractivity contribution in [2.75, 3.05) is 0 Å². The van der Waals surface area contributed by atoms with Crippen LogP contribution in [-0.2, 0) is 0 Å². The Bertz CT molecular complexity index is 248. The molecule has 0 heterocycles. The second-order valence-electron chi connectivity index (χ2n) is 3.59. The first-order valence-corrected chi connectivity index (χ1v) is 4.89. The average molecular weight is 180 g/mol. The van der Waals surface area contributed by atoms with Gasteiger partial charge in [0.2, 0.25) is 0 Å². The lowest BCUT2D eigenvalue weighted by molar-refractivity contribution is 0.374. The van der Waals surface area contributed by atoms with Gasteiger partial charge >= 0.3 is 0 Å². The zero-order chi connectivity index (χ0) is 9.84. The van der Waals surface area contributed by atoms with Gasteiger partial charge in [-0.25, -0.2) is 4.39 Å². The van der Waals surface area contributed by atoms with Crippen molar-refractivity contribution >= 4 is 0 Å². The summed E-state index contributed by atoms with van der Waals surface area (Å²) in [5.74, 6) is 0.573. The Hall–Kier alpha value is -0.850. The van der Waals surface area contributed by atoms with Gasteiger partial charge in [-0.3, -0.25) is 0 Å². The smallest absolute Gasteiger partial charge is 0.122 e. The minimum absolute atomic E-state index is 0.573. The number of halogens is 1. The molecule has 0 bridgehead atoms. The molecule has 0 aromatic heterocycles. The lowest BCUT2D eigenvalue weighted by atomic mass is 9.97. The normalized spacial score (nSPS) is 15.4. The standard InChI is InChI=1S/C12H17F/c1-4-9(2)11-5-7-12(8-6-11)10(3)13/h5-10H,4H2,1-3H3. The van der Waals surface area contributed by atoms with E-state index in [1.165, 1.54) is 5.56 Å². The number of hydrogen-bond donors (Lipinski definition) is 0. The van der Waals surface area contributed by atoms with Crippen molar-refractivity contribution in [3.63, 3.8) is 0 Å². The van der Waals surface area contributed by atoms with Crippen LogP contribution in [0.3, 0.4) is 0 Å². The molecule has 1 heteroatoms. The van der Waals surface area contributed by atoms with Gasteiger partial charge in [-0.1, -0.05) is 38.1 Å². The Labute approximate surface area is 79.8 Å². The number of rotatable bonds is 3. The molecule has 0 N–H and O–H groups in total. The Balaban J connectivity index is 2.81. The minimum Gasteiger partial charge on any atom is -0.243 e. The minimum atomic E-state index is -0.856. The van der Waals surface area contributed by atoms with Gasteiger partial charge in [0.25, 0.3) is 0 Å². The van der Waals surface area contributed by atoms with E-state index in [0.29, 0.717) is 5.92 Å². The molecule has 0 aliphatic carbocycles. The van der Waals surface area contributed by atoms with Crippen LogP contribution in [-0.4, -0.2) is 0 Å². The summed E-state index contributed by atoms with van der Waals surface area (Å²) in [7, 11) is 0. The second kappa shape index (κ2) is 4.40. The van der Waals surface area contributed by atoms with Crippen molar-refractivity contribution in [3.05, 3.63) is 35.4 Å². The van der Waals surface area contributed by atoms with Gasteiger partial charge in [-0.2, -0.15) is 0 Å². The van der Waals surface area contributed by atoms with Crippen molar-refractivity contribution in [3.8, 4) is 0 Å². The van der Waals surface area contributed by atoms with E-state index >= 15 is 0 Å². The van der Waals surface area contributed by atoms with Crippen LogP contribution in [0.1, 0.15) is 50.4 Å². The maximum absolute atomic E-state index is 12.8. The summed E-state index contributed by atoms with van der Waals surface area (Å²) in [6.45, 7) is 5.92. The Morgan fingerprint density at radius 1 is 1.08 bits per heavy atom. The van der Waals surface area contributed by atoms with Gasteiger partial charge in [0.1, 0.15) is 6.17 Å². The van der Waals surface area contributed by atoms with Crippen molar-refractivity contribution in [1.29, 1.82) is 0 Å². The Morgan fingerprint density at radius 3 is 1.92 bits per heavy atom. The predicted molar refractivity (Wildman–Crippen MR) is 54.7 cm³/mol. The summed E-state index contributed by atoms with van der Waals surface area (Å²) in [5, 5.41) is 0. The van der Waals surface area contributed by atoms with Gasteiger partial charge in [-0.05, 0) is 30.4 Å². The van der Waals surface area contributed by atoms with Gasteiger partial charge in [0, 0.05) is 0 Å². The largest absolute Gasteiger partial charge is 0.243 e. The molecule has 0 fully saturated rings. The predicted octanol–water partition coefficient (Wildman–Crippen LogP) is 4.23. The first-order chi connectivity index (χ1) is 6.15. The molecule has 0 saturated carbocycles. The van der Waals surface area contributed by atoms with E-state index in [1.807, 2.05) is 24.3 Å². The molecule has 2 atom stereocenters. The van der Waals surface area contributed by atoms with E-state index < -0.39 is 6.17 Å². The molecule has 0 spiro atoms. The molecule has 72 valence electrons.